The molecule has 0 amide bonds. The van der Waals surface area contributed by atoms with Crippen LogP contribution in [-0.2, 0) is 0 Å². The van der Waals surface area contributed by atoms with Crippen LogP contribution in [0.4, 0.5) is 22.0 Å². The van der Waals surface area contributed by atoms with Crippen LogP contribution < -0.4 is 0 Å². The van der Waals surface area contributed by atoms with Gasteiger partial charge in [0.2, 0.25) is 0 Å². The van der Waals surface area contributed by atoms with Crippen molar-refractivity contribution in [2.24, 2.45) is 0 Å². The third-order valence-corrected chi connectivity index (χ3v) is 2.79. The van der Waals surface area contributed by atoms with Crippen LogP contribution in [0, 0.1) is 0 Å². The first-order valence-electron chi connectivity index (χ1n) is 4.39. The van der Waals surface area contributed by atoms with Crippen molar-refractivity contribution in [1.82, 2.24) is 0 Å². The van der Waals surface area contributed by atoms with Gasteiger partial charge in [0.15, 0.2) is 0 Å². The number of halogens is 6. The van der Waals surface area contributed by atoms with E-state index in [4.69, 9.17) is 11.6 Å². The summed E-state index contributed by atoms with van der Waals surface area (Å²) in [4.78, 5) is 0. The summed E-state index contributed by atoms with van der Waals surface area (Å²) in [6, 6.07) is 0. The lowest BCUT2D eigenvalue weighted by molar-refractivity contribution is -0.282. The molecule has 0 nitrogen and oxygen atoms in total. The van der Waals surface area contributed by atoms with Crippen LogP contribution in [-0.4, -0.2) is 22.7 Å². The average Bonchev–Trinajstić information content (AvgIpc) is 2.02. The highest BCUT2D eigenvalue weighted by Crippen LogP contribution is 2.42. The molecular weight excluding hydrogens is 259 g/mol. The molecule has 0 aromatic heterocycles. The molecule has 0 heterocycles. The van der Waals surface area contributed by atoms with Crippen molar-refractivity contribution in [1.29, 1.82) is 0 Å². The van der Waals surface area contributed by atoms with E-state index in [1.54, 1.807) is 6.92 Å². The summed E-state index contributed by atoms with van der Waals surface area (Å²) in [6.07, 6.45) is -4.94. The third-order valence-electron chi connectivity index (χ3n) is 1.87. The minimum absolute atomic E-state index is 0.459. The van der Waals surface area contributed by atoms with Gasteiger partial charge in [-0.3, -0.25) is 0 Å². The van der Waals surface area contributed by atoms with Crippen LogP contribution in [0.1, 0.15) is 26.2 Å². The van der Waals surface area contributed by atoms with E-state index in [2.05, 4.69) is 12.6 Å². The zero-order chi connectivity index (χ0) is 12.3. The van der Waals surface area contributed by atoms with Crippen molar-refractivity contribution in [2.45, 2.75) is 48.9 Å². The smallest absolute Gasteiger partial charge is 0.195 e. The number of hydrogen-bond donors (Lipinski definition) is 1. The van der Waals surface area contributed by atoms with Crippen molar-refractivity contribution < 1.29 is 22.0 Å². The topological polar surface area (TPSA) is 0 Å². The Kier molecular flexibility index (Phi) is 5.68. The number of thiol groups is 1. The largest absolute Gasteiger partial charge is 0.454 e. The molecule has 0 radical (unpaired) electrons. The molecule has 0 bridgehead atoms. The van der Waals surface area contributed by atoms with Crippen molar-refractivity contribution >= 4 is 24.2 Å². The van der Waals surface area contributed by atoms with Crippen molar-refractivity contribution in [2.75, 3.05) is 0 Å². The molecule has 0 rings (SSSR count). The van der Waals surface area contributed by atoms with Crippen molar-refractivity contribution in [3.63, 3.8) is 0 Å². The fourth-order valence-corrected chi connectivity index (χ4v) is 1.95. The highest BCUT2D eigenvalue weighted by Gasteiger charge is 2.61. The Morgan fingerprint density at radius 2 is 1.67 bits per heavy atom. The minimum atomic E-state index is -5.60. The second-order valence-corrected chi connectivity index (χ2v) is 4.52. The zero-order valence-electron chi connectivity index (χ0n) is 7.99. The molecule has 15 heavy (non-hydrogen) atoms. The first kappa shape index (κ1) is 15.3. The van der Waals surface area contributed by atoms with Gasteiger partial charge in [-0.15, -0.1) is 11.6 Å². The summed E-state index contributed by atoms with van der Waals surface area (Å²) < 4.78 is 60.8. The summed E-state index contributed by atoms with van der Waals surface area (Å²) in [5, 5.41) is -2.79. The van der Waals surface area contributed by atoms with Gasteiger partial charge in [0.25, 0.3) is 0 Å². The van der Waals surface area contributed by atoms with E-state index in [-0.39, 0.29) is 0 Å². The Bertz CT molecular complexity index is 194. The number of hydrogen-bond acceptors (Lipinski definition) is 1. The molecule has 0 saturated carbocycles. The van der Waals surface area contributed by atoms with Gasteiger partial charge >= 0.3 is 12.1 Å². The van der Waals surface area contributed by atoms with E-state index in [1.165, 1.54) is 0 Å². The van der Waals surface area contributed by atoms with E-state index in [1.807, 2.05) is 0 Å². The summed E-state index contributed by atoms with van der Waals surface area (Å²) in [7, 11) is 0. The quantitative estimate of drug-likeness (QED) is 0.430. The fraction of sp³-hybridized carbons (Fsp3) is 1.00. The maximum absolute atomic E-state index is 12.6. The molecule has 0 aliphatic rings. The first-order chi connectivity index (χ1) is 6.63. The average molecular weight is 271 g/mol. The SMILES string of the molecule is CCCC(S)CC(Cl)C(F)(F)C(F)(F)F. The van der Waals surface area contributed by atoms with Crippen molar-refractivity contribution in [3.05, 3.63) is 0 Å². The number of alkyl halides is 6. The van der Waals surface area contributed by atoms with Crippen LogP contribution in [0.3, 0.4) is 0 Å². The molecule has 0 aliphatic heterocycles. The molecule has 2 atom stereocenters. The fourth-order valence-electron chi connectivity index (χ4n) is 1.02. The van der Waals surface area contributed by atoms with Gasteiger partial charge in [-0.25, -0.2) is 0 Å². The lowest BCUT2D eigenvalue weighted by Crippen LogP contribution is -2.45. The van der Waals surface area contributed by atoms with Gasteiger partial charge in [0.1, 0.15) is 5.38 Å². The molecule has 0 N–H and O–H groups in total. The van der Waals surface area contributed by atoms with Crippen LogP contribution in [0.25, 0.3) is 0 Å². The zero-order valence-corrected chi connectivity index (χ0v) is 9.64. The summed E-state index contributed by atoms with van der Waals surface area (Å²) >= 11 is 8.96. The Balaban J connectivity index is 4.37. The van der Waals surface area contributed by atoms with Gasteiger partial charge in [-0.05, 0) is 12.8 Å². The van der Waals surface area contributed by atoms with Crippen LogP contribution in [0.5, 0.6) is 0 Å². The van der Waals surface area contributed by atoms with Crippen LogP contribution in [0.2, 0.25) is 0 Å². The third kappa shape index (κ3) is 4.34. The molecule has 0 fully saturated rings. The lowest BCUT2D eigenvalue weighted by Gasteiger charge is -2.25. The van der Waals surface area contributed by atoms with Gasteiger partial charge < -0.3 is 0 Å². The first-order valence-corrected chi connectivity index (χ1v) is 5.34. The normalized spacial score (nSPS) is 17.6. The Labute approximate surface area is 95.6 Å². The molecule has 92 valence electrons. The highest BCUT2D eigenvalue weighted by atomic mass is 35.5. The standard InChI is InChI=1S/C8H12ClF5S/c1-2-3-5(15)4-6(9)7(10,11)8(12,13)14/h5-6,15H,2-4H2,1H3. The molecule has 0 aromatic carbocycles. The van der Waals surface area contributed by atoms with Crippen LogP contribution in [0.15, 0.2) is 0 Å². The van der Waals surface area contributed by atoms with E-state index in [9.17, 15) is 22.0 Å². The van der Waals surface area contributed by atoms with E-state index in [0.29, 0.717) is 12.8 Å². The summed E-state index contributed by atoms with van der Waals surface area (Å²) in [5.41, 5.74) is 0. The molecule has 2 unspecified atom stereocenters. The Morgan fingerprint density at radius 3 is 2.00 bits per heavy atom. The molecule has 0 saturated heterocycles. The Morgan fingerprint density at radius 1 is 1.20 bits per heavy atom. The monoisotopic (exact) mass is 270 g/mol. The van der Waals surface area contributed by atoms with E-state index >= 15 is 0 Å². The maximum atomic E-state index is 12.6. The second kappa shape index (κ2) is 5.57. The molecule has 0 aromatic rings. The maximum Gasteiger partial charge on any atom is 0.454 e. The van der Waals surface area contributed by atoms with Gasteiger partial charge in [0, 0.05) is 5.25 Å². The molecule has 0 aliphatic carbocycles. The Hall–Kier alpha value is 0.290. The summed E-state index contributed by atoms with van der Waals surface area (Å²) in [5.74, 6) is -4.86. The van der Waals surface area contributed by atoms with Crippen LogP contribution >= 0.6 is 24.2 Å². The molecule has 7 heteroatoms. The minimum Gasteiger partial charge on any atom is -0.195 e. The van der Waals surface area contributed by atoms with Crippen molar-refractivity contribution in [3.8, 4) is 0 Å². The molecule has 0 spiro atoms. The van der Waals surface area contributed by atoms with Gasteiger partial charge in [-0.1, -0.05) is 13.3 Å². The predicted octanol–water partition coefficient (Wildman–Crippen LogP) is 4.28. The van der Waals surface area contributed by atoms with E-state index in [0.717, 1.165) is 0 Å². The van der Waals surface area contributed by atoms with Gasteiger partial charge in [0.05, 0.1) is 0 Å². The van der Waals surface area contributed by atoms with E-state index < -0.39 is 29.1 Å². The predicted molar refractivity (Wildman–Crippen MR) is 52.9 cm³/mol. The lowest BCUT2D eigenvalue weighted by atomic mass is 10.1. The second-order valence-electron chi connectivity index (χ2n) is 3.27. The number of rotatable bonds is 5. The van der Waals surface area contributed by atoms with Gasteiger partial charge in [-0.2, -0.15) is 34.6 Å². The highest BCUT2D eigenvalue weighted by molar-refractivity contribution is 7.80. The molecular formula is C8H12ClF5S. The summed E-state index contributed by atoms with van der Waals surface area (Å²) in [6.45, 7) is 1.79.